The van der Waals surface area contributed by atoms with E-state index < -0.39 is 0 Å². The molecule has 6 heteroatoms. The van der Waals surface area contributed by atoms with Gasteiger partial charge in [0.05, 0.1) is 30.0 Å². The number of nitrogens with zero attached hydrogens (tertiary/aromatic N) is 3. The Morgan fingerprint density at radius 2 is 2.04 bits per heavy atom. The summed E-state index contributed by atoms with van der Waals surface area (Å²) in [5.41, 5.74) is 4.34. The molecule has 3 aromatic rings. The van der Waals surface area contributed by atoms with Gasteiger partial charge in [-0.15, -0.1) is 0 Å². The van der Waals surface area contributed by atoms with Crippen LogP contribution in [0.1, 0.15) is 30.1 Å². The van der Waals surface area contributed by atoms with E-state index in [1.165, 1.54) is 11.1 Å². The van der Waals surface area contributed by atoms with Crippen molar-refractivity contribution < 1.29 is 15.0 Å². The summed E-state index contributed by atoms with van der Waals surface area (Å²) in [5, 5.41) is 5.97. The number of likely N-dealkylation sites (tertiary alicyclic amines) is 1. The number of methoxy groups -OCH3 is 1. The minimum Gasteiger partial charge on any atom is -0.497 e. The third-order valence-electron chi connectivity index (χ3n) is 5.37. The van der Waals surface area contributed by atoms with Crippen LogP contribution in [0, 0.1) is 0 Å². The summed E-state index contributed by atoms with van der Waals surface area (Å²) < 4.78 is 7.47. The monoisotopic (exact) mass is 351 g/mol. The quantitative estimate of drug-likeness (QED) is 0.711. The van der Waals surface area contributed by atoms with E-state index in [1.807, 2.05) is 33.8 Å². The molecule has 0 spiro atoms. The van der Waals surface area contributed by atoms with Gasteiger partial charge in [0.25, 0.3) is 0 Å². The molecule has 1 atom stereocenters. The van der Waals surface area contributed by atoms with E-state index in [4.69, 9.17) is 9.84 Å². The first kappa shape index (κ1) is 16.6. The molecule has 1 aromatic heterocycles. The molecule has 0 aliphatic carbocycles. The van der Waals surface area contributed by atoms with Gasteiger partial charge in [0, 0.05) is 30.3 Å². The van der Waals surface area contributed by atoms with Crippen molar-refractivity contribution in [2.24, 2.45) is 0 Å². The van der Waals surface area contributed by atoms with Crippen LogP contribution in [0.5, 0.6) is 5.75 Å². The average Bonchev–Trinajstić information content (AvgIpc) is 3.24. The molecule has 3 heterocycles. The van der Waals surface area contributed by atoms with Crippen molar-refractivity contribution in [2.75, 3.05) is 13.7 Å². The van der Waals surface area contributed by atoms with Crippen molar-refractivity contribution in [3.05, 3.63) is 53.7 Å². The minimum atomic E-state index is 0. The second-order valence-electron chi connectivity index (χ2n) is 6.71. The number of rotatable bonds is 2. The predicted octanol–water partition coefficient (Wildman–Crippen LogP) is 2.43. The summed E-state index contributed by atoms with van der Waals surface area (Å²) in [4.78, 5) is 14.5. The molecule has 1 amide bonds. The molecule has 5 rings (SSSR count). The lowest BCUT2D eigenvalue weighted by Crippen LogP contribution is -2.34. The number of aromatic nitrogens is 2. The van der Waals surface area contributed by atoms with E-state index >= 15 is 0 Å². The fourth-order valence-electron chi connectivity index (χ4n) is 4.17. The molecule has 0 bridgehead atoms. The molecule has 0 saturated carbocycles. The molecule has 6 nitrogen and oxygen atoms in total. The SMILES string of the molecule is COc1ccc2c(c1)[C@H](N1CCCC1=O)Cc1c3ccccc3nn1-2.O. The number of benzene rings is 2. The summed E-state index contributed by atoms with van der Waals surface area (Å²) in [7, 11) is 1.67. The molecule has 2 aliphatic rings. The van der Waals surface area contributed by atoms with Crippen molar-refractivity contribution in [3.63, 3.8) is 0 Å². The average molecular weight is 351 g/mol. The molecule has 26 heavy (non-hydrogen) atoms. The van der Waals surface area contributed by atoms with Crippen LogP contribution in [0.4, 0.5) is 0 Å². The highest BCUT2D eigenvalue weighted by Crippen LogP contribution is 2.40. The van der Waals surface area contributed by atoms with Crippen molar-refractivity contribution in [2.45, 2.75) is 25.3 Å². The second kappa shape index (κ2) is 6.14. The van der Waals surface area contributed by atoms with E-state index in [-0.39, 0.29) is 17.4 Å². The third-order valence-corrected chi connectivity index (χ3v) is 5.37. The van der Waals surface area contributed by atoms with Crippen LogP contribution in [0.25, 0.3) is 16.6 Å². The molecule has 2 aromatic carbocycles. The van der Waals surface area contributed by atoms with Gasteiger partial charge in [0.2, 0.25) is 5.91 Å². The first-order valence-corrected chi connectivity index (χ1v) is 8.70. The highest BCUT2D eigenvalue weighted by atomic mass is 16.5. The Morgan fingerprint density at radius 3 is 2.81 bits per heavy atom. The Balaban J connectivity index is 0.00000168. The van der Waals surface area contributed by atoms with Crippen LogP contribution < -0.4 is 4.74 Å². The lowest BCUT2D eigenvalue weighted by molar-refractivity contribution is -0.129. The number of hydrogen-bond acceptors (Lipinski definition) is 3. The van der Waals surface area contributed by atoms with Gasteiger partial charge in [0.15, 0.2) is 0 Å². The predicted molar refractivity (Wildman–Crippen MR) is 98.6 cm³/mol. The first-order valence-electron chi connectivity index (χ1n) is 8.70. The number of hydrogen-bond donors (Lipinski definition) is 0. The maximum atomic E-state index is 12.4. The van der Waals surface area contributed by atoms with Gasteiger partial charge in [-0.3, -0.25) is 4.79 Å². The summed E-state index contributed by atoms with van der Waals surface area (Å²) in [5.74, 6) is 1.06. The zero-order valence-corrected chi connectivity index (χ0v) is 14.6. The van der Waals surface area contributed by atoms with E-state index in [9.17, 15) is 4.79 Å². The minimum absolute atomic E-state index is 0. The topological polar surface area (TPSA) is 78.9 Å². The van der Waals surface area contributed by atoms with Gasteiger partial charge in [0.1, 0.15) is 5.75 Å². The summed E-state index contributed by atoms with van der Waals surface area (Å²) in [6, 6.07) is 14.3. The number of amides is 1. The molecule has 0 unspecified atom stereocenters. The Morgan fingerprint density at radius 1 is 1.19 bits per heavy atom. The van der Waals surface area contributed by atoms with Gasteiger partial charge in [-0.2, -0.15) is 5.10 Å². The lowest BCUT2D eigenvalue weighted by Gasteiger charge is -2.33. The van der Waals surface area contributed by atoms with Crippen LogP contribution in [0.3, 0.4) is 0 Å². The van der Waals surface area contributed by atoms with Gasteiger partial charge < -0.3 is 15.1 Å². The Kier molecular flexibility index (Phi) is 3.92. The molecule has 2 aliphatic heterocycles. The fourth-order valence-corrected chi connectivity index (χ4v) is 4.17. The zero-order valence-electron chi connectivity index (χ0n) is 14.6. The molecule has 134 valence electrons. The maximum Gasteiger partial charge on any atom is 0.223 e. The highest BCUT2D eigenvalue weighted by molar-refractivity contribution is 5.84. The number of carbonyl (C=O) groups is 1. The number of ether oxygens (including phenoxy) is 1. The molecular formula is C20H21N3O3. The van der Waals surface area contributed by atoms with E-state index in [0.717, 1.165) is 41.9 Å². The second-order valence-corrected chi connectivity index (χ2v) is 6.71. The van der Waals surface area contributed by atoms with Gasteiger partial charge in [-0.1, -0.05) is 18.2 Å². The van der Waals surface area contributed by atoms with Crippen LogP contribution >= 0.6 is 0 Å². The zero-order chi connectivity index (χ0) is 17.0. The van der Waals surface area contributed by atoms with Crippen LogP contribution in [0.15, 0.2) is 42.5 Å². The Bertz CT molecular complexity index is 995. The third kappa shape index (κ3) is 2.29. The standard InChI is InChI=1S/C20H19N3O2.H2O/c1-25-13-8-9-17-15(11-13)18(22-10-4-7-20(22)24)12-19-14-5-2-3-6-16(14)21-23(17)19;/h2-3,5-6,8-9,11,18H,4,7,10,12H2,1H3;1H2/t18-;/m1./s1. The Labute approximate surface area is 151 Å². The van der Waals surface area contributed by atoms with E-state index in [1.54, 1.807) is 7.11 Å². The number of carbonyl (C=O) groups excluding carboxylic acids is 1. The van der Waals surface area contributed by atoms with Crippen molar-refractivity contribution >= 4 is 16.8 Å². The van der Waals surface area contributed by atoms with E-state index in [0.29, 0.717) is 6.42 Å². The lowest BCUT2D eigenvalue weighted by atomic mass is 9.93. The Hall–Kier alpha value is -2.86. The highest BCUT2D eigenvalue weighted by Gasteiger charge is 2.35. The van der Waals surface area contributed by atoms with E-state index in [2.05, 4.69) is 18.2 Å². The molecular weight excluding hydrogens is 330 g/mol. The van der Waals surface area contributed by atoms with Crippen LogP contribution in [-0.4, -0.2) is 39.7 Å². The summed E-state index contributed by atoms with van der Waals surface area (Å²) in [6.07, 6.45) is 2.37. The molecule has 1 saturated heterocycles. The van der Waals surface area contributed by atoms with Crippen molar-refractivity contribution in [1.29, 1.82) is 0 Å². The van der Waals surface area contributed by atoms with Crippen LogP contribution in [-0.2, 0) is 11.2 Å². The van der Waals surface area contributed by atoms with Gasteiger partial charge in [-0.05, 0) is 30.7 Å². The summed E-state index contributed by atoms with van der Waals surface area (Å²) >= 11 is 0. The molecule has 1 fully saturated rings. The maximum absolute atomic E-state index is 12.4. The number of fused-ring (bicyclic) bond motifs is 5. The van der Waals surface area contributed by atoms with Crippen LogP contribution in [0.2, 0.25) is 0 Å². The molecule has 0 radical (unpaired) electrons. The first-order chi connectivity index (χ1) is 12.3. The van der Waals surface area contributed by atoms with Gasteiger partial charge in [-0.25, -0.2) is 4.68 Å². The molecule has 2 N–H and O–H groups in total. The van der Waals surface area contributed by atoms with Gasteiger partial charge >= 0.3 is 0 Å². The smallest absolute Gasteiger partial charge is 0.223 e. The fraction of sp³-hybridized carbons (Fsp3) is 0.300. The normalized spacial score (nSPS) is 18.4. The summed E-state index contributed by atoms with van der Waals surface area (Å²) in [6.45, 7) is 0.826. The largest absolute Gasteiger partial charge is 0.497 e. The van der Waals surface area contributed by atoms with Crippen molar-refractivity contribution in [3.8, 4) is 11.4 Å². The van der Waals surface area contributed by atoms with Crippen molar-refractivity contribution in [1.82, 2.24) is 14.7 Å².